The maximum atomic E-state index is 13.0. The van der Waals surface area contributed by atoms with Gasteiger partial charge in [0.25, 0.3) is 0 Å². The Balaban J connectivity index is 1.79. The van der Waals surface area contributed by atoms with Crippen LogP contribution in [0.3, 0.4) is 0 Å². The number of hydrogen-bond donors (Lipinski definition) is 15. The third-order valence-corrected chi connectivity index (χ3v) is 11.0. The summed E-state index contributed by atoms with van der Waals surface area (Å²) < 4.78 is 58.4. The molecule has 0 aromatic carbocycles. The highest BCUT2D eigenvalue weighted by atomic mass is 16.8. The zero-order valence-corrected chi connectivity index (χ0v) is 34.7. The summed E-state index contributed by atoms with van der Waals surface area (Å²) in [5.41, 5.74) is 0. The number of methoxy groups -OCH3 is 1. The van der Waals surface area contributed by atoms with Crippen LogP contribution in [-0.2, 0) is 57.0 Å². The first kappa shape index (κ1) is 53.8. The fourth-order valence-electron chi connectivity index (χ4n) is 7.55. The molecule has 63 heavy (non-hydrogen) atoms. The van der Waals surface area contributed by atoms with E-state index < -0.39 is 192 Å². The summed E-state index contributed by atoms with van der Waals surface area (Å²) in [6, 6.07) is -1.70. The van der Waals surface area contributed by atoms with Crippen LogP contribution in [0.2, 0.25) is 0 Å². The highest BCUT2D eigenvalue weighted by Gasteiger charge is 2.57. The summed E-state index contributed by atoms with van der Waals surface area (Å²) in [5.74, 6) is -0.812. The molecule has 0 aromatic rings. The van der Waals surface area contributed by atoms with Gasteiger partial charge in [0, 0.05) is 20.5 Å². The molecule has 4 fully saturated rings. The van der Waals surface area contributed by atoms with Crippen LogP contribution in [-0.4, -0.2) is 271 Å². The molecule has 0 radical (unpaired) electrons. The number of hydrogen-bond acceptors (Lipinski definition) is 26. The molecular formula is C36H63NO26. The van der Waals surface area contributed by atoms with Crippen molar-refractivity contribution in [2.45, 2.75) is 181 Å². The number of aldehydes is 1. The minimum atomic E-state index is -2.13. The molecule has 368 valence electrons. The van der Waals surface area contributed by atoms with E-state index in [0.717, 1.165) is 14.0 Å². The van der Waals surface area contributed by atoms with Crippen molar-refractivity contribution in [3.63, 3.8) is 0 Å². The van der Waals surface area contributed by atoms with Gasteiger partial charge < -0.3 is 129 Å². The lowest BCUT2D eigenvalue weighted by molar-refractivity contribution is -0.389. The van der Waals surface area contributed by atoms with Crippen LogP contribution in [0.1, 0.15) is 27.2 Å². The minimum Gasteiger partial charge on any atom is -0.394 e. The van der Waals surface area contributed by atoms with E-state index in [9.17, 15) is 81.1 Å². The predicted molar refractivity (Wildman–Crippen MR) is 198 cm³/mol. The maximum Gasteiger partial charge on any atom is 0.217 e. The summed E-state index contributed by atoms with van der Waals surface area (Å²) in [4.78, 5) is 24.2. The maximum absolute atomic E-state index is 13.0. The molecule has 0 bridgehead atoms. The second-order valence-corrected chi connectivity index (χ2v) is 15.6. The topological polar surface area (TPSA) is 422 Å². The average Bonchev–Trinajstić information content (AvgIpc) is 3.26. The molecule has 25 atom stereocenters. The van der Waals surface area contributed by atoms with Gasteiger partial charge in [-0.2, -0.15) is 0 Å². The van der Waals surface area contributed by atoms with Crippen molar-refractivity contribution in [2.24, 2.45) is 0 Å². The van der Waals surface area contributed by atoms with Crippen molar-refractivity contribution in [3.8, 4) is 0 Å². The van der Waals surface area contributed by atoms with Crippen molar-refractivity contribution >= 4 is 12.2 Å². The van der Waals surface area contributed by atoms with Gasteiger partial charge in [-0.15, -0.1) is 0 Å². The van der Waals surface area contributed by atoms with Crippen LogP contribution < -0.4 is 5.32 Å². The Morgan fingerprint density at radius 2 is 1.32 bits per heavy atom. The molecule has 4 rings (SSSR count). The average molecular weight is 926 g/mol. The van der Waals surface area contributed by atoms with E-state index >= 15 is 0 Å². The van der Waals surface area contributed by atoms with E-state index in [4.69, 9.17) is 47.4 Å². The van der Waals surface area contributed by atoms with Gasteiger partial charge in [-0.3, -0.25) is 4.79 Å². The first-order valence-electron chi connectivity index (χ1n) is 20.1. The smallest absolute Gasteiger partial charge is 0.217 e. The number of amides is 1. The van der Waals surface area contributed by atoms with Crippen molar-refractivity contribution in [1.82, 2.24) is 5.32 Å². The molecule has 15 N–H and O–H groups in total. The van der Waals surface area contributed by atoms with Gasteiger partial charge in [0.2, 0.25) is 5.91 Å². The van der Waals surface area contributed by atoms with E-state index in [0.29, 0.717) is 0 Å². The second-order valence-electron chi connectivity index (χ2n) is 15.6. The molecule has 0 spiro atoms. The molecule has 4 saturated heterocycles. The summed E-state index contributed by atoms with van der Waals surface area (Å²) in [6.07, 6.45) is -42.6. The van der Waals surface area contributed by atoms with E-state index in [1.807, 2.05) is 0 Å². The molecular weight excluding hydrogens is 862 g/mol. The molecule has 0 aliphatic carbocycles. The van der Waals surface area contributed by atoms with Crippen molar-refractivity contribution < 1.29 is 128 Å². The molecule has 4 aliphatic heterocycles. The molecule has 0 saturated carbocycles. The molecule has 1 amide bonds. The Bertz CT molecular complexity index is 1390. The van der Waals surface area contributed by atoms with E-state index in [-0.39, 0.29) is 6.29 Å². The number of nitrogens with one attached hydrogen (secondary N) is 1. The van der Waals surface area contributed by atoms with Crippen molar-refractivity contribution in [3.05, 3.63) is 0 Å². The van der Waals surface area contributed by atoms with Crippen LogP contribution in [0.15, 0.2) is 0 Å². The van der Waals surface area contributed by atoms with E-state index in [1.54, 1.807) is 0 Å². The second kappa shape index (κ2) is 24.3. The molecule has 27 heteroatoms. The number of carbonyl (C=O) groups is 2. The number of rotatable bonds is 21. The van der Waals surface area contributed by atoms with Gasteiger partial charge in [-0.05, 0) is 13.8 Å². The third kappa shape index (κ3) is 12.8. The molecule has 4 aliphatic rings. The third-order valence-electron chi connectivity index (χ3n) is 11.0. The zero-order chi connectivity index (χ0) is 47.0. The zero-order valence-electron chi connectivity index (χ0n) is 34.7. The fourth-order valence-corrected chi connectivity index (χ4v) is 7.55. The lowest BCUT2D eigenvalue weighted by atomic mass is 9.94. The Morgan fingerprint density at radius 1 is 0.714 bits per heavy atom. The summed E-state index contributed by atoms with van der Waals surface area (Å²) in [7, 11) is 1.15. The summed E-state index contributed by atoms with van der Waals surface area (Å²) in [5, 5.41) is 150. The molecule has 27 nitrogen and oxygen atoms in total. The lowest BCUT2D eigenvalue weighted by Gasteiger charge is -2.51. The number of carbonyl (C=O) groups excluding carboxylic acids is 2. The molecule has 0 aromatic heterocycles. The summed E-state index contributed by atoms with van der Waals surface area (Å²) in [6.45, 7) is -0.172. The highest BCUT2D eigenvalue weighted by molar-refractivity contribution is 5.73. The van der Waals surface area contributed by atoms with Crippen molar-refractivity contribution in [1.29, 1.82) is 0 Å². The Labute approximate surface area is 360 Å². The first-order chi connectivity index (χ1) is 29.8. The van der Waals surface area contributed by atoms with E-state index in [1.165, 1.54) is 13.8 Å². The van der Waals surface area contributed by atoms with Gasteiger partial charge in [0.05, 0.1) is 38.6 Å². The van der Waals surface area contributed by atoms with Crippen LogP contribution in [0.4, 0.5) is 0 Å². The largest absolute Gasteiger partial charge is 0.394 e. The first-order valence-corrected chi connectivity index (χ1v) is 20.1. The van der Waals surface area contributed by atoms with Crippen LogP contribution in [0.25, 0.3) is 0 Å². The highest BCUT2D eigenvalue weighted by Crippen LogP contribution is 2.37. The Kier molecular flexibility index (Phi) is 20.7. The van der Waals surface area contributed by atoms with Gasteiger partial charge in [-0.1, -0.05) is 0 Å². The fraction of sp³-hybridized carbons (Fsp3) is 0.944. The number of aliphatic hydroxyl groups excluding tert-OH is 14. The van der Waals surface area contributed by atoms with Gasteiger partial charge in [0.1, 0.15) is 110 Å². The predicted octanol–water partition coefficient (Wildman–Crippen LogP) is -9.50. The quantitative estimate of drug-likeness (QED) is 0.0375. The summed E-state index contributed by atoms with van der Waals surface area (Å²) >= 11 is 0. The minimum absolute atomic E-state index is 0.0651. The van der Waals surface area contributed by atoms with Crippen LogP contribution in [0, 0.1) is 0 Å². The van der Waals surface area contributed by atoms with Crippen LogP contribution in [0.5, 0.6) is 0 Å². The Hall–Kier alpha value is -1.82. The number of ether oxygens (including phenoxy) is 10. The molecule has 0 unspecified atom stereocenters. The lowest BCUT2D eigenvalue weighted by Crippen LogP contribution is -2.70. The standard InChI is InChI=1S/C36H63NO26/c1-11(43)33(54-4)63-32-27(52)25(50)18(9-41)58-36(32)62-31-21(37-13(3)44)34(59-19(10-42)30(31)61-35-28(53)26(51)22(47)12(2)55-35)57-16-5-20(56-17(8-40)24(16)49)60-29(15(46)7-39)23(48)14(45)6-38/h6,11-12,14-36,39-43,45-53H,5,7-10H2,1-4H3,(H,37,44)/t11-,12-,14-,15+,16+,17+,18+,19+,20-,21+,22+,23+,24+,25-,26+,27-,28-,29+,30+,31+,32+,33-,34+,35-,36-/m0/s1. The van der Waals surface area contributed by atoms with E-state index in [2.05, 4.69) is 5.32 Å². The van der Waals surface area contributed by atoms with Gasteiger partial charge in [-0.25, -0.2) is 0 Å². The van der Waals surface area contributed by atoms with Gasteiger partial charge in [0.15, 0.2) is 37.7 Å². The van der Waals surface area contributed by atoms with Crippen LogP contribution >= 0.6 is 0 Å². The van der Waals surface area contributed by atoms with Crippen molar-refractivity contribution in [2.75, 3.05) is 33.5 Å². The SMILES string of the molecule is CO[C@@H](O[C@H]1[C@H](O[C@@H]2[C@@H](NC(C)=O)[C@H](O[C@@H]3C[C@H](O[C@@H]([C@H](O)[C@@H](O)C=O)[C@H](O)CO)O[C@H](CO)[C@@H]3O)O[C@H](CO)[C@H]2O[C@@H]2O[C@@H](C)[C@@H](O)[C@@H](O)[C@@H]2O)O[C@H](CO)[C@H](O)[C@@H]1O)[C@H](C)O. The number of aliphatic hydroxyl groups is 14. The molecule has 4 heterocycles. The monoisotopic (exact) mass is 925 g/mol. The van der Waals surface area contributed by atoms with Gasteiger partial charge >= 0.3 is 0 Å². The Morgan fingerprint density at radius 3 is 1.87 bits per heavy atom. The normalized spacial score (nSPS) is 43.0.